The molecule has 0 spiro atoms. The number of alkyl halides is 3. The Morgan fingerprint density at radius 3 is 2.31 bits per heavy atom. The van der Waals surface area contributed by atoms with Crippen LogP contribution in [0.15, 0.2) is 48.5 Å². The Hall–Kier alpha value is -3.16. The maximum atomic E-state index is 13.2. The third kappa shape index (κ3) is 3.58. The van der Waals surface area contributed by atoms with Crippen molar-refractivity contribution in [1.82, 2.24) is 9.97 Å². The van der Waals surface area contributed by atoms with Gasteiger partial charge < -0.3 is 10.2 Å². The number of benzene rings is 2. The second-order valence-electron chi connectivity index (χ2n) is 5.67. The average Bonchev–Trinajstić information content (AvgIpc) is 2.59. The topological polar surface area (TPSA) is 58.1 Å². The number of anilines is 3. The van der Waals surface area contributed by atoms with Crippen LogP contribution in [0, 0.1) is 0 Å². The predicted octanol–water partition coefficient (Wildman–Crippen LogP) is 4.37. The van der Waals surface area contributed by atoms with E-state index in [2.05, 4.69) is 15.3 Å². The van der Waals surface area contributed by atoms with Gasteiger partial charge in [0.1, 0.15) is 5.82 Å². The van der Waals surface area contributed by atoms with Gasteiger partial charge in [-0.25, -0.2) is 9.97 Å². The van der Waals surface area contributed by atoms with Crippen molar-refractivity contribution in [2.24, 2.45) is 0 Å². The van der Waals surface area contributed by atoms with E-state index in [1.165, 1.54) is 13.0 Å². The molecule has 0 unspecified atom stereocenters. The summed E-state index contributed by atoms with van der Waals surface area (Å²) in [4.78, 5) is 20.0. The normalized spacial score (nSPS) is 11.4. The number of halogens is 3. The smallest absolute Gasteiger partial charge is 0.329 e. The number of fused-ring (bicyclic) bond motifs is 1. The predicted molar refractivity (Wildman–Crippen MR) is 93.3 cm³/mol. The van der Waals surface area contributed by atoms with Crippen LogP contribution >= 0.6 is 0 Å². The summed E-state index contributed by atoms with van der Waals surface area (Å²) in [6.07, 6.45) is -4.64. The summed E-state index contributed by atoms with van der Waals surface area (Å²) in [6, 6.07) is 13.3. The fourth-order valence-electron chi connectivity index (χ4n) is 2.54. The van der Waals surface area contributed by atoms with Crippen LogP contribution in [0.3, 0.4) is 0 Å². The molecule has 5 nitrogen and oxygen atoms in total. The lowest BCUT2D eigenvalue weighted by molar-refractivity contribution is -0.144. The number of rotatable bonds is 3. The lowest BCUT2D eigenvalue weighted by Gasteiger charge is -2.21. The Morgan fingerprint density at radius 2 is 1.69 bits per heavy atom. The molecule has 0 saturated heterocycles. The summed E-state index contributed by atoms with van der Waals surface area (Å²) >= 11 is 0. The third-order valence-corrected chi connectivity index (χ3v) is 3.73. The van der Waals surface area contributed by atoms with Crippen molar-refractivity contribution in [1.29, 1.82) is 0 Å². The number of hydrogen-bond acceptors (Lipinski definition) is 4. The van der Waals surface area contributed by atoms with Gasteiger partial charge in [0.25, 0.3) is 0 Å². The van der Waals surface area contributed by atoms with Gasteiger partial charge in [0.15, 0.2) is 0 Å². The van der Waals surface area contributed by atoms with E-state index < -0.39 is 12.0 Å². The molecule has 26 heavy (non-hydrogen) atoms. The van der Waals surface area contributed by atoms with E-state index in [4.69, 9.17) is 0 Å². The highest BCUT2D eigenvalue weighted by Crippen LogP contribution is 2.34. The zero-order valence-electron chi connectivity index (χ0n) is 14.0. The first-order chi connectivity index (χ1) is 12.3. The van der Waals surface area contributed by atoms with E-state index in [-0.39, 0.29) is 17.2 Å². The lowest BCUT2D eigenvalue weighted by Crippen LogP contribution is -2.17. The molecule has 1 aromatic heterocycles. The van der Waals surface area contributed by atoms with Gasteiger partial charge in [0.05, 0.1) is 5.52 Å². The molecule has 0 aliphatic heterocycles. The molecule has 1 N–H and O–H groups in total. The molecular formula is C18H15F3N4O. The van der Waals surface area contributed by atoms with E-state index >= 15 is 0 Å². The number of carbonyl (C=O) groups is 1. The van der Waals surface area contributed by atoms with Gasteiger partial charge >= 0.3 is 6.18 Å². The molecule has 3 rings (SSSR count). The van der Waals surface area contributed by atoms with E-state index in [1.54, 1.807) is 54.4 Å². The number of para-hydroxylation sites is 1. The van der Waals surface area contributed by atoms with Gasteiger partial charge in [-0.2, -0.15) is 13.2 Å². The number of hydrogen-bond donors (Lipinski definition) is 1. The molecule has 2 aromatic carbocycles. The highest BCUT2D eigenvalue weighted by Gasteiger charge is 2.36. The first kappa shape index (κ1) is 17.7. The van der Waals surface area contributed by atoms with Crippen molar-refractivity contribution in [3.05, 3.63) is 54.4 Å². The number of nitrogens with zero attached hydrogens (tertiary/aromatic N) is 3. The van der Waals surface area contributed by atoms with E-state index in [1.807, 2.05) is 0 Å². The van der Waals surface area contributed by atoms with Crippen LogP contribution in [0.2, 0.25) is 0 Å². The summed E-state index contributed by atoms with van der Waals surface area (Å²) in [5, 5.41) is 3.15. The van der Waals surface area contributed by atoms with Gasteiger partial charge in [-0.3, -0.25) is 4.79 Å². The molecule has 134 valence electrons. The zero-order valence-corrected chi connectivity index (χ0v) is 14.0. The Morgan fingerprint density at radius 1 is 1.04 bits per heavy atom. The first-order valence-corrected chi connectivity index (χ1v) is 7.71. The molecule has 0 radical (unpaired) electrons. The van der Waals surface area contributed by atoms with Crippen LogP contribution in [0.5, 0.6) is 0 Å². The molecule has 0 bridgehead atoms. The molecule has 1 amide bonds. The molecule has 0 fully saturated rings. The van der Waals surface area contributed by atoms with Crippen molar-refractivity contribution in [2.45, 2.75) is 13.1 Å². The Kier molecular flexibility index (Phi) is 4.50. The average molecular weight is 360 g/mol. The standard InChI is InChI=1S/C18H15F3N4O/c1-11(26)22-12-7-9-13(10-8-12)25(2)16-14-5-3-4-6-15(14)23-17(24-16)18(19,20)21/h3-10H,1-2H3,(H,22,26). The third-order valence-electron chi connectivity index (χ3n) is 3.73. The quantitative estimate of drug-likeness (QED) is 0.753. The number of aromatic nitrogens is 2. The molecule has 0 atom stereocenters. The molecule has 8 heteroatoms. The molecule has 0 aliphatic rings. The second-order valence-corrected chi connectivity index (χ2v) is 5.67. The van der Waals surface area contributed by atoms with Crippen molar-refractivity contribution in [3.8, 4) is 0 Å². The maximum absolute atomic E-state index is 13.2. The Labute approximate surface area is 147 Å². The minimum absolute atomic E-state index is 0.148. The van der Waals surface area contributed by atoms with Crippen LogP contribution in [-0.2, 0) is 11.0 Å². The Balaban J connectivity index is 2.07. The highest BCUT2D eigenvalue weighted by atomic mass is 19.4. The van der Waals surface area contributed by atoms with Gasteiger partial charge in [-0.1, -0.05) is 12.1 Å². The van der Waals surface area contributed by atoms with Gasteiger partial charge in [0.2, 0.25) is 11.7 Å². The minimum atomic E-state index is -4.64. The lowest BCUT2D eigenvalue weighted by atomic mass is 10.2. The maximum Gasteiger partial charge on any atom is 0.451 e. The van der Waals surface area contributed by atoms with Crippen LogP contribution < -0.4 is 10.2 Å². The fourth-order valence-corrected chi connectivity index (χ4v) is 2.54. The largest absolute Gasteiger partial charge is 0.451 e. The van der Waals surface area contributed by atoms with Gasteiger partial charge in [-0.15, -0.1) is 0 Å². The van der Waals surface area contributed by atoms with E-state index in [9.17, 15) is 18.0 Å². The highest BCUT2D eigenvalue weighted by molar-refractivity contribution is 5.92. The van der Waals surface area contributed by atoms with Crippen LogP contribution in [0.4, 0.5) is 30.4 Å². The van der Waals surface area contributed by atoms with Crippen molar-refractivity contribution in [3.63, 3.8) is 0 Å². The molecular weight excluding hydrogens is 345 g/mol. The summed E-state index contributed by atoms with van der Waals surface area (Å²) < 4.78 is 39.5. The van der Waals surface area contributed by atoms with E-state index in [0.717, 1.165) is 0 Å². The monoisotopic (exact) mass is 360 g/mol. The summed E-state index contributed by atoms with van der Waals surface area (Å²) in [7, 11) is 1.63. The van der Waals surface area contributed by atoms with Crippen molar-refractivity contribution < 1.29 is 18.0 Å². The number of nitrogens with one attached hydrogen (secondary N) is 1. The first-order valence-electron chi connectivity index (χ1n) is 7.71. The second kappa shape index (κ2) is 6.62. The van der Waals surface area contributed by atoms with Crippen LogP contribution in [0.1, 0.15) is 12.7 Å². The Bertz CT molecular complexity index is 955. The fraction of sp³-hybridized carbons (Fsp3) is 0.167. The van der Waals surface area contributed by atoms with Crippen molar-refractivity contribution in [2.75, 3.05) is 17.3 Å². The van der Waals surface area contributed by atoms with Crippen molar-refractivity contribution >= 4 is 34.0 Å². The SMILES string of the molecule is CC(=O)Nc1ccc(N(C)c2nc(C(F)(F)F)nc3ccccc23)cc1. The zero-order chi connectivity index (χ0) is 18.9. The van der Waals surface area contributed by atoms with Crippen LogP contribution in [-0.4, -0.2) is 22.9 Å². The van der Waals surface area contributed by atoms with Gasteiger partial charge in [-0.05, 0) is 36.4 Å². The molecule has 1 heterocycles. The number of amides is 1. The van der Waals surface area contributed by atoms with Gasteiger partial charge in [0, 0.05) is 30.7 Å². The van der Waals surface area contributed by atoms with Crippen LogP contribution in [0.25, 0.3) is 10.9 Å². The summed E-state index contributed by atoms with van der Waals surface area (Å²) in [5.41, 5.74) is 1.43. The molecule has 0 saturated carbocycles. The molecule has 0 aliphatic carbocycles. The summed E-state index contributed by atoms with van der Waals surface area (Å²) in [5.74, 6) is -1.24. The van der Waals surface area contributed by atoms with E-state index in [0.29, 0.717) is 16.8 Å². The molecule has 3 aromatic rings. The summed E-state index contributed by atoms with van der Waals surface area (Å²) in [6.45, 7) is 1.39. The number of carbonyl (C=O) groups excluding carboxylic acids is 1. The minimum Gasteiger partial charge on any atom is -0.329 e.